The average molecular weight is 330 g/mol. The molecule has 0 unspecified atom stereocenters. The fourth-order valence-electron chi connectivity index (χ4n) is 1.82. The molecule has 0 bridgehead atoms. The fourth-order valence-corrected chi connectivity index (χ4v) is 3.89. The molecule has 0 aliphatic heterocycles. The highest BCUT2D eigenvalue weighted by atomic mass is 32.2. The van der Waals surface area contributed by atoms with E-state index in [1.54, 1.807) is 6.20 Å². The van der Waals surface area contributed by atoms with Crippen LogP contribution in [0.25, 0.3) is 0 Å². The number of hydrogen-bond acceptors (Lipinski definition) is 5. The van der Waals surface area contributed by atoms with Gasteiger partial charge in [-0.2, -0.15) is 0 Å². The van der Waals surface area contributed by atoms with Crippen molar-refractivity contribution in [3.63, 3.8) is 0 Å². The van der Waals surface area contributed by atoms with Crippen LogP contribution < -0.4 is 9.46 Å². The second kappa shape index (κ2) is 6.08. The van der Waals surface area contributed by atoms with Crippen molar-refractivity contribution in [2.75, 3.05) is 7.11 Å². The lowest BCUT2D eigenvalue weighted by Crippen LogP contribution is -2.24. The number of benzene rings is 1. The maximum absolute atomic E-state index is 13.9. The Hall–Kier alpha value is -1.51. The Kier molecular flexibility index (Phi) is 4.60. The average Bonchev–Trinajstić information content (AvgIpc) is 2.85. The maximum atomic E-state index is 13.9. The number of rotatable bonds is 5. The summed E-state index contributed by atoms with van der Waals surface area (Å²) < 4.78 is 45.7. The number of methoxy groups -OCH3 is 1. The van der Waals surface area contributed by atoms with Crippen molar-refractivity contribution in [1.29, 1.82) is 0 Å². The van der Waals surface area contributed by atoms with E-state index in [1.807, 2.05) is 6.92 Å². The third-order valence-corrected chi connectivity index (χ3v) is 5.37. The fraction of sp³-hybridized carbons (Fsp3) is 0.308. The van der Waals surface area contributed by atoms with Crippen molar-refractivity contribution in [2.45, 2.75) is 25.3 Å². The Bertz CT molecular complexity index is 757. The molecular weight excluding hydrogens is 315 g/mol. The molecule has 0 spiro atoms. The lowest BCUT2D eigenvalue weighted by atomic mass is 10.2. The lowest BCUT2D eigenvalue weighted by molar-refractivity contribution is 0.384. The normalized spacial score (nSPS) is 11.6. The van der Waals surface area contributed by atoms with Crippen LogP contribution in [0.3, 0.4) is 0 Å². The highest BCUT2D eigenvalue weighted by Crippen LogP contribution is 2.26. The van der Waals surface area contributed by atoms with E-state index in [9.17, 15) is 12.8 Å². The molecule has 0 radical (unpaired) electrons. The second-order valence-corrected chi connectivity index (χ2v) is 7.43. The van der Waals surface area contributed by atoms with Gasteiger partial charge in [-0.15, -0.1) is 11.3 Å². The minimum atomic E-state index is -3.79. The summed E-state index contributed by atoms with van der Waals surface area (Å²) >= 11 is 1.40. The quantitative estimate of drug-likeness (QED) is 0.914. The third kappa shape index (κ3) is 3.39. The van der Waals surface area contributed by atoms with E-state index in [1.165, 1.54) is 37.5 Å². The predicted octanol–water partition coefficient (Wildman–Crippen LogP) is 2.39. The first-order valence-electron chi connectivity index (χ1n) is 6.09. The third-order valence-electron chi connectivity index (χ3n) is 2.92. The van der Waals surface area contributed by atoms with Crippen LogP contribution in [0, 0.1) is 19.7 Å². The first-order valence-corrected chi connectivity index (χ1v) is 8.39. The van der Waals surface area contributed by atoms with Crippen LogP contribution in [-0.2, 0) is 16.6 Å². The molecule has 2 aromatic rings. The minimum Gasteiger partial charge on any atom is -0.494 e. The van der Waals surface area contributed by atoms with Gasteiger partial charge in [0.15, 0.2) is 11.6 Å². The summed E-state index contributed by atoms with van der Waals surface area (Å²) in [6.45, 7) is 3.37. The highest BCUT2D eigenvalue weighted by molar-refractivity contribution is 7.89. The van der Waals surface area contributed by atoms with Crippen LogP contribution >= 0.6 is 11.3 Å². The topological polar surface area (TPSA) is 68.3 Å². The van der Waals surface area contributed by atoms with E-state index in [4.69, 9.17) is 4.74 Å². The van der Waals surface area contributed by atoms with Crippen molar-refractivity contribution >= 4 is 21.4 Å². The van der Waals surface area contributed by atoms with Crippen molar-refractivity contribution in [2.24, 2.45) is 0 Å². The van der Waals surface area contributed by atoms with Gasteiger partial charge in [0, 0.05) is 23.2 Å². The number of hydrogen-bond donors (Lipinski definition) is 1. The Labute approximate surface area is 126 Å². The van der Waals surface area contributed by atoms with E-state index >= 15 is 0 Å². The summed E-state index contributed by atoms with van der Waals surface area (Å²) in [4.78, 5) is 4.75. The zero-order valence-electron chi connectivity index (χ0n) is 11.8. The number of aryl methyl sites for hydroxylation is 1. The van der Waals surface area contributed by atoms with E-state index < -0.39 is 15.8 Å². The van der Waals surface area contributed by atoms with Gasteiger partial charge in [-0.3, -0.25) is 0 Å². The molecule has 5 nitrogen and oxygen atoms in total. The summed E-state index contributed by atoms with van der Waals surface area (Å²) in [5.74, 6) is -0.654. The molecule has 1 aromatic heterocycles. The first kappa shape index (κ1) is 15.9. The molecule has 0 amide bonds. The minimum absolute atomic E-state index is 0.0181. The van der Waals surface area contributed by atoms with Crippen LogP contribution in [0.4, 0.5) is 4.39 Å². The Morgan fingerprint density at radius 3 is 2.67 bits per heavy atom. The first-order chi connectivity index (χ1) is 9.85. The van der Waals surface area contributed by atoms with E-state index in [2.05, 4.69) is 9.71 Å². The van der Waals surface area contributed by atoms with Gasteiger partial charge in [0.2, 0.25) is 10.0 Å². The van der Waals surface area contributed by atoms with Crippen LogP contribution in [0.1, 0.15) is 15.4 Å². The van der Waals surface area contributed by atoms with Crippen LogP contribution in [0.15, 0.2) is 23.2 Å². The molecule has 1 N–H and O–H groups in total. The molecule has 1 aromatic carbocycles. The van der Waals surface area contributed by atoms with Gasteiger partial charge in [0.25, 0.3) is 0 Å². The van der Waals surface area contributed by atoms with Crippen molar-refractivity contribution in [3.8, 4) is 5.75 Å². The molecule has 8 heteroatoms. The number of ether oxygens (including phenoxy) is 1. The zero-order valence-corrected chi connectivity index (χ0v) is 13.4. The summed E-state index contributed by atoms with van der Waals surface area (Å²) in [6, 6.07) is 2.63. The van der Waals surface area contributed by atoms with Gasteiger partial charge in [-0.05, 0) is 26.0 Å². The summed E-state index contributed by atoms with van der Waals surface area (Å²) in [5.41, 5.74) is 0.0299. The second-order valence-electron chi connectivity index (χ2n) is 4.38. The van der Waals surface area contributed by atoms with E-state index in [0.29, 0.717) is 0 Å². The van der Waals surface area contributed by atoms with E-state index in [0.717, 1.165) is 9.88 Å². The number of aromatic nitrogens is 1. The maximum Gasteiger partial charge on any atom is 0.241 e. The van der Waals surface area contributed by atoms with Crippen LogP contribution in [0.2, 0.25) is 0 Å². The number of nitrogens with one attached hydrogen (secondary N) is 1. The SMILES string of the molecule is COc1ccc(S(=O)(=O)NCc2cnc(C)s2)c(C)c1F. The summed E-state index contributed by atoms with van der Waals surface area (Å²) in [7, 11) is -2.46. The molecular formula is C13H15FN2O3S2. The van der Waals surface area contributed by atoms with Gasteiger partial charge in [-0.1, -0.05) is 0 Å². The Morgan fingerprint density at radius 1 is 1.38 bits per heavy atom. The molecule has 0 atom stereocenters. The standard InChI is InChI=1S/C13H15FN2O3S2/c1-8-12(5-4-11(19-3)13(8)14)21(17,18)16-7-10-6-15-9(2)20-10/h4-6,16H,7H2,1-3H3. The monoisotopic (exact) mass is 330 g/mol. The molecule has 0 fully saturated rings. The van der Waals surface area contributed by atoms with Crippen LogP contribution in [0.5, 0.6) is 5.75 Å². The molecule has 0 saturated carbocycles. The zero-order chi connectivity index (χ0) is 15.6. The summed E-state index contributed by atoms with van der Waals surface area (Å²) in [5, 5.41) is 0.857. The molecule has 1 heterocycles. The molecule has 0 aliphatic carbocycles. The molecule has 0 saturated heterocycles. The van der Waals surface area contributed by atoms with Gasteiger partial charge < -0.3 is 4.74 Å². The highest BCUT2D eigenvalue weighted by Gasteiger charge is 2.21. The molecule has 2 rings (SSSR count). The number of halogens is 1. The number of sulfonamides is 1. The largest absolute Gasteiger partial charge is 0.494 e. The van der Waals surface area contributed by atoms with Crippen molar-refractivity contribution in [3.05, 3.63) is 39.6 Å². The summed E-state index contributed by atoms with van der Waals surface area (Å²) in [6.07, 6.45) is 1.62. The number of nitrogens with zero attached hydrogens (tertiary/aromatic N) is 1. The predicted molar refractivity (Wildman–Crippen MR) is 78.6 cm³/mol. The Balaban J connectivity index is 2.25. The van der Waals surface area contributed by atoms with Crippen molar-refractivity contribution in [1.82, 2.24) is 9.71 Å². The van der Waals surface area contributed by atoms with Crippen molar-refractivity contribution < 1.29 is 17.5 Å². The Morgan fingerprint density at radius 2 is 2.10 bits per heavy atom. The molecule has 0 aliphatic rings. The molecule has 21 heavy (non-hydrogen) atoms. The van der Waals surface area contributed by atoms with E-state index in [-0.39, 0.29) is 22.8 Å². The smallest absolute Gasteiger partial charge is 0.241 e. The van der Waals surface area contributed by atoms with Gasteiger partial charge in [0.05, 0.1) is 17.0 Å². The van der Waals surface area contributed by atoms with Gasteiger partial charge >= 0.3 is 0 Å². The molecule has 114 valence electrons. The lowest BCUT2D eigenvalue weighted by Gasteiger charge is -2.11. The van der Waals surface area contributed by atoms with Gasteiger partial charge in [0.1, 0.15) is 0 Å². The van der Waals surface area contributed by atoms with Gasteiger partial charge in [-0.25, -0.2) is 22.5 Å². The number of thiazole rings is 1. The van der Waals surface area contributed by atoms with Crippen LogP contribution in [-0.4, -0.2) is 20.5 Å².